The highest BCUT2D eigenvalue weighted by molar-refractivity contribution is 5.86. The zero-order valence-electron chi connectivity index (χ0n) is 16.5. The molecule has 0 fully saturated rings. The number of rotatable bonds is 15. The van der Waals surface area contributed by atoms with Gasteiger partial charge < -0.3 is 14.2 Å². The maximum atomic E-state index is 11.8. The molecule has 0 radical (unpaired) electrons. The van der Waals surface area contributed by atoms with Gasteiger partial charge in [0.1, 0.15) is 0 Å². The minimum atomic E-state index is -0.543. The molecule has 1 unspecified atom stereocenters. The van der Waals surface area contributed by atoms with Crippen molar-refractivity contribution in [1.82, 2.24) is 0 Å². The first-order valence-electron chi connectivity index (χ1n) is 9.60. The predicted octanol–water partition coefficient (Wildman–Crippen LogP) is 3.50. The summed E-state index contributed by atoms with van der Waals surface area (Å²) < 4.78 is 14.7. The minimum Gasteiger partial charge on any atom is -0.466 e. The molecule has 0 saturated carbocycles. The Morgan fingerprint density at radius 1 is 0.889 bits per heavy atom. The van der Waals surface area contributed by atoms with Crippen molar-refractivity contribution in [1.29, 1.82) is 0 Å². The van der Waals surface area contributed by atoms with E-state index in [4.69, 9.17) is 14.2 Å². The molecule has 0 bridgehead atoms. The Hall–Kier alpha value is -2.18. The van der Waals surface area contributed by atoms with Crippen molar-refractivity contribution < 1.29 is 33.4 Å². The van der Waals surface area contributed by atoms with E-state index in [1.807, 2.05) is 6.92 Å². The van der Waals surface area contributed by atoms with Gasteiger partial charge >= 0.3 is 23.9 Å². The van der Waals surface area contributed by atoms with Crippen molar-refractivity contribution in [3.8, 4) is 0 Å². The van der Waals surface area contributed by atoms with Crippen LogP contribution in [0.15, 0.2) is 12.7 Å². The third-order valence-corrected chi connectivity index (χ3v) is 3.83. The van der Waals surface area contributed by atoms with E-state index in [1.165, 1.54) is 0 Å². The fourth-order valence-electron chi connectivity index (χ4n) is 2.15. The average molecular weight is 384 g/mol. The summed E-state index contributed by atoms with van der Waals surface area (Å²) in [6.07, 6.45) is 6.33. The van der Waals surface area contributed by atoms with Crippen LogP contribution in [0.25, 0.3) is 0 Å². The monoisotopic (exact) mass is 384 g/mol. The van der Waals surface area contributed by atoms with Gasteiger partial charge in [-0.05, 0) is 32.1 Å². The van der Waals surface area contributed by atoms with Crippen LogP contribution in [0.5, 0.6) is 0 Å². The molecule has 0 spiro atoms. The summed E-state index contributed by atoms with van der Waals surface area (Å²) in [7, 11) is 0. The van der Waals surface area contributed by atoms with Crippen molar-refractivity contribution in [2.24, 2.45) is 5.92 Å². The van der Waals surface area contributed by atoms with E-state index in [1.54, 1.807) is 6.92 Å². The van der Waals surface area contributed by atoms with Gasteiger partial charge in [-0.2, -0.15) is 0 Å². The molecule has 0 heterocycles. The van der Waals surface area contributed by atoms with Crippen LogP contribution in [0.2, 0.25) is 0 Å². The number of carbonyl (C=O) groups excluding carboxylic acids is 4. The predicted molar refractivity (Wildman–Crippen MR) is 99.6 cm³/mol. The van der Waals surface area contributed by atoms with Gasteiger partial charge in [-0.15, -0.1) is 0 Å². The summed E-state index contributed by atoms with van der Waals surface area (Å²) in [5.74, 6) is -2.28. The van der Waals surface area contributed by atoms with Gasteiger partial charge in [0.15, 0.2) is 0 Å². The summed E-state index contributed by atoms with van der Waals surface area (Å²) in [6.45, 7) is 7.52. The van der Waals surface area contributed by atoms with Gasteiger partial charge in [-0.1, -0.05) is 33.3 Å². The van der Waals surface area contributed by atoms with Crippen molar-refractivity contribution >= 4 is 23.9 Å². The molecule has 0 aliphatic heterocycles. The van der Waals surface area contributed by atoms with Gasteiger partial charge in [0.2, 0.25) is 0 Å². The lowest BCUT2D eigenvalue weighted by atomic mass is 10.0. The van der Waals surface area contributed by atoms with Gasteiger partial charge in [-0.25, -0.2) is 4.79 Å². The molecule has 154 valence electrons. The molecule has 0 rings (SSSR count). The minimum absolute atomic E-state index is 0.202. The Labute approximate surface area is 161 Å². The largest absolute Gasteiger partial charge is 0.466 e. The third kappa shape index (κ3) is 14.7. The average Bonchev–Trinajstić information content (AvgIpc) is 2.64. The van der Waals surface area contributed by atoms with E-state index in [0.29, 0.717) is 25.7 Å². The third-order valence-electron chi connectivity index (χ3n) is 3.83. The highest BCUT2D eigenvalue weighted by Crippen LogP contribution is 2.12. The highest BCUT2D eigenvalue weighted by Gasteiger charge is 2.18. The molecule has 0 aromatic heterocycles. The van der Waals surface area contributed by atoms with Crippen LogP contribution in [-0.2, 0) is 33.4 Å². The number of unbranched alkanes of at least 4 members (excludes halogenated alkanes) is 3. The van der Waals surface area contributed by atoms with E-state index in [-0.39, 0.29) is 32.0 Å². The van der Waals surface area contributed by atoms with E-state index >= 15 is 0 Å². The molecule has 1 atom stereocenters. The standard InChI is InChI=1S/C20H32O7/c1-4-6-7-12-19(23)27-20(24)16(3)11-10-13-18(22)26-15-9-8-14-25-17(21)5-2/h5,16H,2,4,6-15H2,1,3H3. The van der Waals surface area contributed by atoms with Crippen LogP contribution < -0.4 is 0 Å². The lowest BCUT2D eigenvalue weighted by molar-refractivity contribution is -0.162. The molecule has 0 aromatic rings. The Morgan fingerprint density at radius 2 is 1.52 bits per heavy atom. The first-order valence-corrected chi connectivity index (χ1v) is 9.60. The van der Waals surface area contributed by atoms with Crippen molar-refractivity contribution in [2.45, 2.75) is 71.6 Å². The van der Waals surface area contributed by atoms with Crippen molar-refractivity contribution in [3.05, 3.63) is 12.7 Å². The summed E-state index contributed by atoms with van der Waals surface area (Å²) in [4.78, 5) is 45.7. The van der Waals surface area contributed by atoms with Gasteiger partial charge in [0.25, 0.3) is 0 Å². The second-order valence-electron chi connectivity index (χ2n) is 6.34. The molecule has 7 nitrogen and oxygen atoms in total. The Morgan fingerprint density at radius 3 is 2.15 bits per heavy atom. The van der Waals surface area contributed by atoms with Gasteiger partial charge in [-0.3, -0.25) is 14.4 Å². The molecule has 0 aliphatic rings. The highest BCUT2D eigenvalue weighted by atomic mass is 16.6. The van der Waals surface area contributed by atoms with Crippen LogP contribution in [0.3, 0.4) is 0 Å². The molecular weight excluding hydrogens is 352 g/mol. The van der Waals surface area contributed by atoms with E-state index in [9.17, 15) is 19.2 Å². The lowest BCUT2D eigenvalue weighted by Gasteiger charge is -2.10. The summed E-state index contributed by atoms with van der Waals surface area (Å²) >= 11 is 0. The SMILES string of the molecule is C=CC(=O)OCCCCOC(=O)CCCC(C)C(=O)OC(=O)CCCCC. The number of ether oxygens (including phenoxy) is 3. The molecular formula is C20H32O7. The van der Waals surface area contributed by atoms with Crippen LogP contribution in [0.1, 0.15) is 71.6 Å². The summed E-state index contributed by atoms with van der Waals surface area (Å²) in [6, 6.07) is 0. The maximum absolute atomic E-state index is 11.8. The maximum Gasteiger partial charge on any atom is 0.330 e. The van der Waals surface area contributed by atoms with Crippen LogP contribution in [-0.4, -0.2) is 37.1 Å². The van der Waals surface area contributed by atoms with Gasteiger partial charge in [0, 0.05) is 18.9 Å². The molecule has 27 heavy (non-hydrogen) atoms. The lowest BCUT2D eigenvalue weighted by Crippen LogP contribution is -2.19. The summed E-state index contributed by atoms with van der Waals surface area (Å²) in [5, 5.41) is 0. The van der Waals surface area contributed by atoms with E-state index < -0.39 is 23.8 Å². The van der Waals surface area contributed by atoms with E-state index in [0.717, 1.165) is 25.3 Å². The number of carbonyl (C=O) groups is 4. The second-order valence-corrected chi connectivity index (χ2v) is 6.34. The number of esters is 4. The first-order chi connectivity index (χ1) is 12.9. The van der Waals surface area contributed by atoms with Crippen LogP contribution in [0.4, 0.5) is 0 Å². The fraction of sp³-hybridized carbons (Fsp3) is 0.700. The van der Waals surface area contributed by atoms with Gasteiger partial charge in [0.05, 0.1) is 19.1 Å². The number of hydrogen-bond acceptors (Lipinski definition) is 7. The fourth-order valence-corrected chi connectivity index (χ4v) is 2.15. The van der Waals surface area contributed by atoms with Crippen molar-refractivity contribution in [3.63, 3.8) is 0 Å². The topological polar surface area (TPSA) is 96.0 Å². The first kappa shape index (κ1) is 24.8. The quantitative estimate of drug-likeness (QED) is 0.140. The molecule has 0 aromatic carbocycles. The zero-order chi connectivity index (χ0) is 20.5. The smallest absolute Gasteiger partial charge is 0.330 e. The molecule has 0 aliphatic carbocycles. The second kappa shape index (κ2) is 16.0. The molecule has 0 saturated heterocycles. The summed E-state index contributed by atoms with van der Waals surface area (Å²) in [5.41, 5.74) is 0. The molecule has 0 amide bonds. The Bertz CT molecular complexity index is 485. The normalized spacial score (nSPS) is 11.3. The Balaban J connectivity index is 3.71. The van der Waals surface area contributed by atoms with Crippen LogP contribution in [0, 0.1) is 5.92 Å². The Kier molecular flexibility index (Phi) is 14.7. The van der Waals surface area contributed by atoms with Crippen LogP contribution >= 0.6 is 0 Å². The van der Waals surface area contributed by atoms with E-state index in [2.05, 4.69) is 6.58 Å². The zero-order valence-corrected chi connectivity index (χ0v) is 16.5. The van der Waals surface area contributed by atoms with Crippen molar-refractivity contribution in [2.75, 3.05) is 13.2 Å². The molecule has 0 N–H and O–H groups in total. The number of hydrogen-bond donors (Lipinski definition) is 0. The molecule has 7 heteroatoms.